The third-order valence-corrected chi connectivity index (χ3v) is 7.33. The van der Waals surface area contributed by atoms with Gasteiger partial charge in [0.25, 0.3) is 0 Å². The number of unbranched alkanes of at least 4 members (excludes halogenated alkanes) is 5. The Bertz CT molecular complexity index is 598. The van der Waals surface area contributed by atoms with Gasteiger partial charge in [0.05, 0.1) is 11.8 Å². The summed E-state index contributed by atoms with van der Waals surface area (Å²) in [7, 11) is 0. The van der Waals surface area contributed by atoms with Crippen molar-refractivity contribution in [1.29, 1.82) is 0 Å². The van der Waals surface area contributed by atoms with Crippen molar-refractivity contribution in [3.05, 3.63) is 0 Å². The number of amides is 2. The Kier molecular flexibility index (Phi) is 8.82. The molecule has 6 nitrogen and oxygen atoms in total. The van der Waals surface area contributed by atoms with Crippen LogP contribution in [-0.2, 0) is 9.59 Å². The van der Waals surface area contributed by atoms with E-state index < -0.39 is 0 Å². The van der Waals surface area contributed by atoms with E-state index >= 15 is 0 Å². The second-order valence-corrected chi connectivity index (χ2v) is 12.7. The topological polar surface area (TPSA) is 82.3 Å². The Balaban J connectivity index is 1.49. The molecule has 0 aliphatic carbocycles. The molecule has 2 aliphatic heterocycles. The lowest BCUT2D eigenvalue weighted by Gasteiger charge is -2.27. The molecule has 0 saturated carbocycles. The minimum atomic E-state index is -0.150. The van der Waals surface area contributed by atoms with Gasteiger partial charge in [-0.05, 0) is 81.1 Å². The lowest BCUT2D eigenvalue weighted by Crippen LogP contribution is -2.48. The summed E-state index contributed by atoms with van der Waals surface area (Å²) in [5.41, 5.74) is -0.260. The van der Waals surface area contributed by atoms with Crippen molar-refractivity contribution in [1.82, 2.24) is 21.3 Å². The first kappa shape index (κ1) is 27.1. The Morgan fingerprint density at radius 3 is 1.22 bits per heavy atom. The molecule has 0 spiro atoms. The van der Waals surface area contributed by atoms with Gasteiger partial charge < -0.3 is 21.3 Å². The Morgan fingerprint density at radius 1 is 0.625 bits per heavy atom. The van der Waals surface area contributed by atoms with Gasteiger partial charge >= 0.3 is 0 Å². The van der Waals surface area contributed by atoms with E-state index in [0.29, 0.717) is 0 Å². The van der Waals surface area contributed by atoms with Crippen LogP contribution in [0, 0.1) is 11.8 Å². The van der Waals surface area contributed by atoms with Crippen molar-refractivity contribution in [2.75, 3.05) is 13.1 Å². The van der Waals surface area contributed by atoms with Gasteiger partial charge in [0.1, 0.15) is 0 Å². The quantitative estimate of drug-likeness (QED) is 0.360. The van der Waals surface area contributed by atoms with E-state index in [1.807, 2.05) is 0 Å². The van der Waals surface area contributed by atoms with Gasteiger partial charge in [-0.15, -0.1) is 0 Å². The Morgan fingerprint density at radius 2 is 0.938 bits per heavy atom. The molecule has 2 heterocycles. The standard InChI is InChI=1S/C26H50N4O2/c1-23(2)17-19(25(5,6)29-23)21(31)27-15-13-11-9-10-12-14-16-28-22(32)20-18-24(3,4)30-26(20,7)8/h19-20,29-30H,9-18H2,1-8H3,(H,27,31)(H,28,32). The zero-order chi connectivity index (χ0) is 24.2. The van der Waals surface area contributed by atoms with Crippen LogP contribution in [0.4, 0.5) is 0 Å². The summed E-state index contributed by atoms with van der Waals surface area (Å²) in [6, 6.07) is 0. The lowest BCUT2D eigenvalue weighted by molar-refractivity contribution is -0.127. The van der Waals surface area contributed by atoms with Gasteiger partial charge in [-0.25, -0.2) is 0 Å². The first-order valence-corrected chi connectivity index (χ1v) is 12.8. The first-order valence-electron chi connectivity index (χ1n) is 12.8. The molecule has 0 aromatic rings. The van der Waals surface area contributed by atoms with Crippen molar-refractivity contribution >= 4 is 11.8 Å². The highest BCUT2D eigenvalue weighted by Gasteiger charge is 2.48. The van der Waals surface area contributed by atoms with E-state index in [-0.39, 0.29) is 45.8 Å². The fraction of sp³-hybridized carbons (Fsp3) is 0.923. The second kappa shape index (κ2) is 10.4. The molecular weight excluding hydrogens is 400 g/mol. The largest absolute Gasteiger partial charge is 0.356 e. The highest BCUT2D eigenvalue weighted by atomic mass is 16.2. The zero-order valence-electron chi connectivity index (χ0n) is 22.0. The van der Waals surface area contributed by atoms with Crippen molar-refractivity contribution in [2.45, 2.75) is 129 Å². The second-order valence-electron chi connectivity index (χ2n) is 12.7. The van der Waals surface area contributed by atoms with Gasteiger partial charge in [-0.3, -0.25) is 9.59 Å². The average Bonchev–Trinajstić information content (AvgIpc) is 3.01. The van der Waals surface area contributed by atoms with Crippen LogP contribution >= 0.6 is 0 Å². The van der Waals surface area contributed by atoms with E-state index in [9.17, 15) is 9.59 Å². The molecule has 2 saturated heterocycles. The minimum Gasteiger partial charge on any atom is -0.356 e. The molecule has 2 fully saturated rings. The van der Waals surface area contributed by atoms with Crippen LogP contribution in [0.5, 0.6) is 0 Å². The van der Waals surface area contributed by atoms with E-state index in [2.05, 4.69) is 76.7 Å². The van der Waals surface area contributed by atoms with Crippen molar-refractivity contribution in [2.24, 2.45) is 11.8 Å². The van der Waals surface area contributed by atoms with Crippen molar-refractivity contribution < 1.29 is 9.59 Å². The van der Waals surface area contributed by atoms with Crippen LogP contribution in [-0.4, -0.2) is 47.1 Å². The van der Waals surface area contributed by atoms with Gasteiger partial charge in [0.2, 0.25) is 11.8 Å². The molecule has 2 rings (SSSR count). The van der Waals surface area contributed by atoms with Gasteiger partial charge in [-0.2, -0.15) is 0 Å². The number of rotatable bonds is 11. The predicted octanol–water partition coefficient (Wildman–Crippen LogP) is 3.89. The van der Waals surface area contributed by atoms with Crippen LogP contribution in [0.2, 0.25) is 0 Å². The van der Waals surface area contributed by atoms with E-state index in [4.69, 9.17) is 0 Å². The summed E-state index contributed by atoms with van der Waals surface area (Å²) in [5.74, 6) is 0.439. The van der Waals surface area contributed by atoms with Gasteiger partial charge in [-0.1, -0.05) is 25.7 Å². The third kappa shape index (κ3) is 7.72. The summed E-state index contributed by atoms with van der Waals surface area (Å²) in [6.07, 6.45) is 8.48. The van der Waals surface area contributed by atoms with E-state index in [1.165, 1.54) is 12.8 Å². The number of carbonyl (C=O) groups is 2. The number of nitrogens with one attached hydrogen (secondary N) is 4. The summed E-state index contributed by atoms with van der Waals surface area (Å²) < 4.78 is 0. The molecule has 2 atom stereocenters. The number of carbonyl (C=O) groups excluding carboxylic acids is 2. The third-order valence-electron chi connectivity index (χ3n) is 7.33. The molecule has 186 valence electrons. The summed E-state index contributed by atoms with van der Waals surface area (Å²) in [6.45, 7) is 18.7. The smallest absolute Gasteiger partial charge is 0.225 e. The lowest BCUT2D eigenvalue weighted by atomic mass is 9.86. The van der Waals surface area contributed by atoms with Crippen LogP contribution in [0.1, 0.15) is 107 Å². The van der Waals surface area contributed by atoms with Crippen LogP contribution in [0.3, 0.4) is 0 Å². The monoisotopic (exact) mass is 450 g/mol. The molecule has 0 aromatic heterocycles. The predicted molar refractivity (Wildman–Crippen MR) is 133 cm³/mol. The normalized spacial score (nSPS) is 27.2. The molecule has 2 unspecified atom stereocenters. The molecule has 0 aromatic carbocycles. The molecule has 4 N–H and O–H groups in total. The van der Waals surface area contributed by atoms with Crippen LogP contribution in [0.15, 0.2) is 0 Å². The summed E-state index contributed by atoms with van der Waals surface area (Å²) in [4.78, 5) is 25.2. The fourth-order valence-electron chi connectivity index (χ4n) is 6.02. The van der Waals surface area contributed by atoms with E-state index in [0.717, 1.165) is 51.6 Å². The van der Waals surface area contributed by atoms with Crippen molar-refractivity contribution in [3.8, 4) is 0 Å². The SMILES string of the molecule is CC1(C)CC(C(=O)NCCCCCCCCNC(=O)C2CC(C)(C)NC2(C)C)C(C)(C)N1. The van der Waals surface area contributed by atoms with Gasteiger partial charge in [0, 0.05) is 35.2 Å². The summed E-state index contributed by atoms with van der Waals surface area (Å²) >= 11 is 0. The maximum Gasteiger partial charge on any atom is 0.225 e. The Labute approximate surface area is 196 Å². The molecule has 6 heteroatoms. The van der Waals surface area contributed by atoms with Gasteiger partial charge in [0.15, 0.2) is 0 Å². The first-order chi connectivity index (χ1) is 14.7. The fourth-order valence-corrected chi connectivity index (χ4v) is 6.02. The molecule has 2 amide bonds. The number of hydrogen-bond donors (Lipinski definition) is 4. The molecule has 0 radical (unpaired) electrons. The number of hydrogen-bond acceptors (Lipinski definition) is 4. The maximum atomic E-state index is 12.6. The minimum absolute atomic E-state index is 0.0196. The zero-order valence-corrected chi connectivity index (χ0v) is 22.0. The Hall–Kier alpha value is -1.14. The van der Waals surface area contributed by atoms with Crippen LogP contribution in [0.25, 0.3) is 0 Å². The molecular formula is C26H50N4O2. The highest BCUT2D eigenvalue weighted by Crippen LogP contribution is 2.36. The molecule has 0 bridgehead atoms. The average molecular weight is 451 g/mol. The summed E-state index contributed by atoms with van der Waals surface area (Å²) in [5, 5.41) is 13.4. The van der Waals surface area contributed by atoms with Crippen molar-refractivity contribution in [3.63, 3.8) is 0 Å². The highest BCUT2D eigenvalue weighted by molar-refractivity contribution is 5.81. The molecule has 32 heavy (non-hydrogen) atoms. The van der Waals surface area contributed by atoms with Crippen LogP contribution < -0.4 is 21.3 Å². The van der Waals surface area contributed by atoms with E-state index in [1.54, 1.807) is 0 Å². The molecule has 2 aliphatic rings. The maximum absolute atomic E-state index is 12.6.